The fourth-order valence-electron chi connectivity index (χ4n) is 4.63. The van der Waals surface area contributed by atoms with Crippen molar-refractivity contribution in [2.45, 2.75) is 37.5 Å². The highest BCUT2D eigenvalue weighted by Crippen LogP contribution is 2.47. The first-order valence-electron chi connectivity index (χ1n) is 11.1. The standard InChI is InChI=1S/C24H27F2N5O2/c1-23(17-3-4-20-21(10-17)33-24(25,26)32-20)14-30-22-19(23)9-15(12-29-22)16(11-27)13-28-18-5-7-31(2)8-6-18/h3-4,9-13,18H,5-8,14,27H2,1-2H3,(H,29,30). The average molecular weight is 456 g/mol. The van der Waals surface area contributed by atoms with Crippen LogP contribution in [0.2, 0.25) is 0 Å². The topological polar surface area (TPSA) is 85.0 Å². The molecule has 174 valence electrons. The summed E-state index contributed by atoms with van der Waals surface area (Å²) in [5, 5.41) is 3.32. The van der Waals surface area contributed by atoms with E-state index in [0.29, 0.717) is 6.54 Å². The lowest BCUT2D eigenvalue weighted by Gasteiger charge is -2.26. The number of nitrogens with zero attached hydrogens (tertiary/aromatic N) is 3. The molecule has 9 heteroatoms. The Bertz CT molecular complexity index is 1130. The van der Waals surface area contributed by atoms with Crippen LogP contribution >= 0.6 is 0 Å². The van der Waals surface area contributed by atoms with Crippen LogP contribution in [0.25, 0.3) is 5.57 Å². The number of ether oxygens (including phenoxy) is 2. The molecule has 0 radical (unpaired) electrons. The molecule has 1 atom stereocenters. The van der Waals surface area contributed by atoms with Crippen molar-refractivity contribution >= 4 is 17.6 Å². The zero-order valence-electron chi connectivity index (χ0n) is 18.6. The molecule has 5 rings (SSSR count). The molecule has 1 aromatic carbocycles. The number of aromatic nitrogens is 1. The number of likely N-dealkylation sites (tertiary alicyclic amines) is 1. The lowest BCUT2D eigenvalue weighted by Crippen LogP contribution is -2.32. The number of halogens is 2. The van der Waals surface area contributed by atoms with E-state index in [1.165, 1.54) is 6.07 Å². The van der Waals surface area contributed by atoms with Crippen molar-refractivity contribution in [3.8, 4) is 11.5 Å². The second kappa shape index (κ2) is 7.98. The van der Waals surface area contributed by atoms with Gasteiger partial charge in [0.05, 0.1) is 6.04 Å². The maximum absolute atomic E-state index is 13.5. The number of anilines is 1. The van der Waals surface area contributed by atoms with E-state index in [1.807, 2.05) is 19.2 Å². The second-order valence-electron chi connectivity index (χ2n) is 9.07. The van der Waals surface area contributed by atoms with E-state index in [0.717, 1.165) is 54.0 Å². The van der Waals surface area contributed by atoms with E-state index >= 15 is 0 Å². The van der Waals surface area contributed by atoms with Crippen LogP contribution in [0, 0.1) is 0 Å². The van der Waals surface area contributed by atoms with Gasteiger partial charge < -0.3 is 25.4 Å². The summed E-state index contributed by atoms with van der Waals surface area (Å²) in [4.78, 5) is 11.7. The van der Waals surface area contributed by atoms with Gasteiger partial charge in [0.25, 0.3) is 0 Å². The first kappa shape index (κ1) is 21.6. The number of aliphatic imine (C=N–C) groups is 1. The molecule has 0 spiro atoms. The number of piperidine rings is 1. The highest BCUT2D eigenvalue weighted by molar-refractivity contribution is 6.09. The summed E-state index contributed by atoms with van der Waals surface area (Å²) in [6, 6.07) is 7.25. The molecule has 2 aromatic rings. The highest BCUT2D eigenvalue weighted by Gasteiger charge is 2.45. The number of nitrogens with two attached hydrogens (primary N) is 1. The van der Waals surface area contributed by atoms with E-state index < -0.39 is 11.7 Å². The minimum Gasteiger partial charge on any atom is -0.404 e. The molecular formula is C24H27F2N5O2. The van der Waals surface area contributed by atoms with Crippen molar-refractivity contribution in [3.63, 3.8) is 0 Å². The third-order valence-corrected chi connectivity index (χ3v) is 6.76. The van der Waals surface area contributed by atoms with Crippen LogP contribution in [0.4, 0.5) is 14.6 Å². The molecule has 1 unspecified atom stereocenters. The van der Waals surface area contributed by atoms with Crippen LogP contribution in [0.5, 0.6) is 11.5 Å². The summed E-state index contributed by atoms with van der Waals surface area (Å²) in [6.07, 6.45) is 3.57. The highest BCUT2D eigenvalue weighted by atomic mass is 19.3. The Balaban J connectivity index is 1.43. The van der Waals surface area contributed by atoms with Crippen LogP contribution < -0.4 is 20.5 Å². The Kier molecular flexibility index (Phi) is 5.23. The molecule has 3 aliphatic heterocycles. The summed E-state index contributed by atoms with van der Waals surface area (Å²) in [5.41, 5.74) is 8.88. The van der Waals surface area contributed by atoms with E-state index in [2.05, 4.69) is 31.7 Å². The Morgan fingerprint density at radius 1 is 1.24 bits per heavy atom. The molecule has 0 aliphatic carbocycles. The second-order valence-corrected chi connectivity index (χ2v) is 9.07. The smallest absolute Gasteiger partial charge is 0.404 e. The van der Waals surface area contributed by atoms with Gasteiger partial charge in [0.2, 0.25) is 0 Å². The summed E-state index contributed by atoms with van der Waals surface area (Å²) in [6.45, 7) is 4.69. The lowest BCUT2D eigenvalue weighted by molar-refractivity contribution is -0.286. The zero-order chi connectivity index (χ0) is 23.2. The average Bonchev–Trinajstić information content (AvgIpc) is 3.30. The Hall–Kier alpha value is -3.20. The van der Waals surface area contributed by atoms with Crippen LogP contribution in [0.1, 0.15) is 36.5 Å². The summed E-state index contributed by atoms with van der Waals surface area (Å²) in [7, 11) is 2.12. The number of rotatable bonds is 4. The van der Waals surface area contributed by atoms with Gasteiger partial charge in [-0.25, -0.2) is 4.98 Å². The largest absolute Gasteiger partial charge is 0.586 e. The maximum atomic E-state index is 13.5. The normalized spacial score (nSPS) is 24.8. The van der Waals surface area contributed by atoms with Gasteiger partial charge in [0.15, 0.2) is 11.5 Å². The van der Waals surface area contributed by atoms with E-state index in [9.17, 15) is 8.78 Å². The zero-order valence-corrected chi connectivity index (χ0v) is 18.6. The fraction of sp³-hybridized carbons (Fsp3) is 0.417. The van der Waals surface area contributed by atoms with Crippen LogP contribution in [0.15, 0.2) is 41.7 Å². The van der Waals surface area contributed by atoms with Gasteiger partial charge in [-0.3, -0.25) is 4.99 Å². The quantitative estimate of drug-likeness (QED) is 0.686. The summed E-state index contributed by atoms with van der Waals surface area (Å²) in [5.74, 6) is 0.820. The van der Waals surface area contributed by atoms with Gasteiger partial charge in [-0.05, 0) is 63.7 Å². The molecule has 4 heterocycles. The van der Waals surface area contributed by atoms with Gasteiger partial charge >= 0.3 is 6.29 Å². The Labute approximate surface area is 191 Å². The number of hydrogen-bond acceptors (Lipinski definition) is 7. The van der Waals surface area contributed by atoms with Crippen molar-refractivity contribution in [2.24, 2.45) is 10.7 Å². The third kappa shape index (κ3) is 4.01. The molecule has 3 aliphatic rings. The van der Waals surface area contributed by atoms with Gasteiger partial charge in [-0.2, -0.15) is 0 Å². The van der Waals surface area contributed by atoms with Gasteiger partial charge in [-0.1, -0.05) is 6.07 Å². The lowest BCUT2D eigenvalue weighted by atomic mass is 9.78. The fourth-order valence-corrected chi connectivity index (χ4v) is 4.63. The molecule has 0 bridgehead atoms. The van der Waals surface area contributed by atoms with E-state index in [-0.39, 0.29) is 17.5 Å². The molecular weight excluding hydrogens is 428 g/mol. The number of hydrogen-bond donors (Lipinski definition) is 2. The predicted octanol–water partition coefficient (Wildman–Crippen LogP) is 3.60. The third-order valence-electron chi connectivity index (χ3n) is 6.76. The molecule has 0 amide bonds. The number of fused-ring (bicyclic) bond motifs is 2. The van der Waals surface area contributed by atoms with Crippen molar-refractivity contribution < 1.29 is 18.3 Å². The van der Waals surface area contributed by atoms with Gasteiger partial charge in [0, 0.05) is 47.3 Å². The minimum atomic E-state index is -3.64. The van der Waals surface area contributed by atoms with Crippen molar-refractivity contribution in [2.75, 3.05) is 32.0 Å². The molecule has 3 N–H and O–H groups in total. The van der Waals surface area contributed by atoms with Crippen molar-refractivity contribution in [1.82, 2.24) is 9.88 Å². The number of alkyl halides is 2. The van der Waals surface area contributed by atoms with Gasteiger partial charge in [-0.15, -0.1) is 8.78 Å². The van der Waals surface area contributed by atoms with Crippen molar-refractivity contribution in [1.29, 1.82) is 0 Å². The molecule has 1 aromatic heterocycles. The SMILES string of the molecule is CN1CCC(N=CC(=CN)c2cnc3c(c2)C(C)(c2ccc4c(c2)OC(F)(F)O4)CN3)CC1. The molecule has 1 fully saturated rings. The molecule has 33 heavy (non-hydrogen) atoms. The maximum Gasteiger partial charge on any atom is 0.586 e. The number of allylic oxidation sites excluding steroid dienone is 1. The van der Waals surface area contributed by atoms with Crippen LogP contribution in [0.3, 0.4) is 0 Å². The van der Waals surface area contributed by atoms with E-state index in [4.69, 9.17) is 10.7 Å². The first-order chi connectivity index (χ1) is 15.8. The summed E-state index contributed by atoms with van der Waals surface area (Å²) < 4.78 is 36.2. The van der Waals surface area contributed by atoms with Crippen LogP contribution in [-0.4, -0.2) is 55.1 Å². The Morgan fingerprint density at radius 2 is 2.00 bits per heavy atom. The Morgan fingerprint density at radius 3 is 2.76 bits per heavy atom. The van der Waals surface area contributed by atoms with Crippen molar-refractivity contribution in [3.05, 3.63) is 53.4 Å². The monoisotopic (exact) mass is 455 g/mol. The summed E-state index contributed by atoms with van der Waals surface area (Å²) >= 11 is 0. The van der Waals surface area contributed by atoms with E-state index in [1.54, 1.807) is 24.5 Å². The minimum absolute atomic E-state index is 0.0314. The molecule has 1 saturated heterocycles. The van der Waals surface area contributed by atoms with Crippen LogP contribution in [-0.2, 0) is 5.41 Å². The number of nitrogens with one attached hydrogen (secondary N) is 1. The number of benzene rings is 1. The first-order valence-corrected chi connectivity index (χ1v) is 11.1. The van der Waals surface area contributed by atoms with Gasteiger partial charge in [0.1, 0.15) is 5.82 Å². The number of pyridine rings is 1. The molecule has 7 nitrogen and oxygen atoms in total. The predicted molar refractivity (Wildman–Crippen MR) is 123 cm³/mol. The molecule has 0 saturated carbocycles.